The van der Waals surface area contributed by atoms with E-state index in [9.17, 15) is 14.3 Å². The number of benzene rings is 1. The Bertz CT molecular complexity index is 880. The molecule has 2 N–H and O–H groups in total. The summed E-state index contributed by atoms with van der Waals surface area (Å²) >= 11 is 0. The number of aryl methyl sites for hydroxylation is 2. The van der Waals surface area contributed by atoms with Crippen molar-refractivity contribution in [3.05, 3.63) is 51.7 Å². The topological polar surface area (TPSA) is 70.4 Å². The fourth-order valence-corrected chi connectivity index (χ4v) is 2.19. The van der Waals surface area contributed by atoms with Crippen molar-refractivity contribution in [3.8, 4) is 17.0 Å². The van der Waals surface area contributed by atoms with Crippen LogP contribution >= 0.6 is 0 Å². The number of hydrogen-bond acceptors (Lipinski definition) is 3. The van der Waals surface area contributed by atoms with Crippen LogP contribution in [0.5, 0.6) is 5.88 Å². The Morgan fingerprint density at radius 1 is 1.35 bits per heavy atom. The average Bonchev–Trinajstić information content (AvgIpc) is 2.67. The van der Waals surface area contributed by atoms with Crippen molar-refractivity contribution in [1.29, 1.82) is 0 Å². The van der Waals surface area contributed by atoms with Gasteiger partial charge in [-0.1, -0.05) is 12.1 Å². The first-order chi connectivity index (χ1) is 9.49. The second-order valence-electron chi connectivity index (χ2n) is 4.63. The van der Waals surface area contributed by atoms with Crippen molar-refractivity contribution >= 4 is 5.65 Å². The summed E-state index contributed by atoms with van der Waals surface area (Å²) < 4.78 is 14.5. The molecule has 0 bridgehead atoms. The van der Waals surface area contributed by atoms with E-state index in [0.29, 0.717) is 16.9 Å². The quantitative estimate of drug-likeness (QED) is 0.713. The van der Waals surface area contributed by atoms with Gasteiger partial charge >= 0.3 is 0 Å². The predicted molar refractivity (Wildman–Crippen MR) is 72.3 cm³/mol. The van der Waals surface area contributed by atoms with Crippen molar-refractivity contribution < 1.29 is 9.50 Å². The van der Waals surface area contributed by atoms with E-state index in [-0.39, 0.29) is 11.4 Å². The van der Waals surface area contributed by atoms with E-state index >= 15 is 0 Å². The Labute approximate surface area is 113 Å². The lowest BCUT2D eigenvalue weighted by Crippen LogP contribution is -2.13. The normalized spacial score (nSPS) is 11.2. The first-order valence-electron chi connectivity index (χ1n) is 6.06. The highest BCUT2D eigenvalue weighted by molar-refractivity contribution is 5.69. The van der Waals surface area contributed by atoms with E-state index in [1.165, 1.54) is 22.7 Å². The number of nitrogens with zero attached hydrogens (tertiary/aromatic N) is 2. The van der Waals surface area contributed by atoms with Crippen molar-refractivity contribution in [3.63, 3.8) is 0 Å². The van der Waals surface area contributed by atoms with E-state index in [4.69, 9.17) is 0 Å². The van der Waals surface area contributed by atoms with Crippen LogP contribution in [0.15, 0.2) is 29.1 Å². The summed E-state index contributed by atoms with van der Waals surface area (Å²) in [5.41, 5.74) is 1.74. The number of rotatable bonds is 1. The number of H-pyrrole nitrogens is 1. The van der Waals surface area contributed by atoms with Crippen LogP contribution < -0.4 is 5.56 Å². The first-order valence-corrected chi connectivity index (χ1v) is 6.06. The molecule has 0 unspecified atom stereocenters. The van der Waals surface area contributed by atoms with Crippen LogP contribution in [0.1, 0.15) is 11.3 Å². The van der Waals surface area contributed by atoms with Gasteiger partial charge in [0.15, 0.2) is 0 Å². The molecule has 0 radical (unpaired) electrons. The molecule has 0 saturated carbocycles. The van der Waals surface area contributed by atoms with Crippen LogP contribution in [-0.2, 0) is 0 Å². The summed E-state index contributed by atoms with van der Waals surface area (Å²) in [6.45, 7) is 3.58. The Kier molecular flexibility index (Phi) is 2.60. The molecule has 20 heavy (non-hydrogen) atoms. The van der Waals surface area contributed by atoms with Crippen LogP contribution in [0, 0.1) is 19.7 Å². The Balaban J connectivity index is 2.40. The zero-order valence-electron chi connectivity index (χ0n) is 10.9. The second-order valence-corrected chi connectivity index (χ2v) is 4.63. The number of fused-ring (bicyclic) bond motifs is 1. The Hall–Kier alpha value is -2.63. The Morgan fingerprint density at radius 3 is 2.80 bits per heavy atom. The molecule has 0 spiro atoms. The highest BCUT2D eigenvalue weighted by Gasteiger charge is 2.17. The van der Waals surface area contributed by atoms with Crippen LogP contribution in [0.25, 0.3) is 16.8 Å². The van der Waals surface area contributed by atoms with Crippen molar-refractivity contribution in [2.75, 3.05) is 0 Å². The molecule has 102 valence electrons. The van der Waals surface area contributed by atoms with Crippen LogP contribution in [0.4, 0.5) is 4.39 Å². The summed E-state index contributed by atoms with van der Waals surface area (Å²) in [5, 5.41) is 14.4. The predicted octanol–water partition coefficient (Wildman–Crippen LogP) is 2.15. The molecular formula is C14H12FN3O2. The third-order valence-corrected chi connectivity index (χ3v) is 3.36. The fraction of sp³-hybridized carbons (Fsp3) is 0.143. The molecule has 3 rings (SSSR count). The maximum Gasteiger partial charge on any atom is 0.262 e. The number of aromatic amines is 1. The maximum absolute atomic E-state index is 13.3. The van der Waals surface area contributed by atoms with Gasteiger partial charge in [0.25, 0.3) is 5.56 Å². The van der Waals surface area contributed by atoms with Gasteiger partial charge in [0.2, 0.25) is 5.88 Å². The second kappa shape index (κ2) is 4.19. The average molecular weight is 273 g/mol. The number of halogens is 1. The lowest BCUT2D eigenvalue weighted by Gasteiger charge is -2.06. The summed E-state index contributed by atoms with van der Waals surface area (Å²) in [6, 6.07) is 5.50. The smallest absolute Gasteiger partial charge is 0.262 e. The molecule has 0 amide bonds. The minimum atomic E-state index is -0.483. The molecule has 0 saturated heterocycles. The number of aromatic hydroxyl groups is 1. The number of nitrogens with one attached hydrogen (secondary N) is 1. The monoisotopic (exact) mass is 273 g/mol. The lowest BCUT2D eigenvalue weighted by molar-refractivity contribution is 0.436. The SMILES string of the molecule is Cc1nn2c(O)c(-c3cccc(F)c3)c(=O)[nH]c2c1C. The van der Waals surface area contributed by atoms with Gasteiger partial charge in [-0.2, -0.15) is 9.61 Å². The Morgan fingerprint density at radius 2 is 2.10 bits per heavy atom. The largest absolute Gasteiger partial charge is 0.493 e. The molecule has 2 aromatic heterocycles. The minimum absolute atomic E-state index is 0.000463. The third kappa shape index (κ3) is 1.69. The van der Waals surface area contributed by atoms with Crippen LogP contribution in [-0.4, -0.2) is 19.7 Å². The third-order valence-electron chi connectivity index (χ3n) is 3.36. The summed E-state index contributed by atoms with van der Waals surface area (Å²) in [4.78, 5) is 14.8. The molecule has 0 aliphatic heterocycles. The van der Waals surface area contributed by atoms with Crippen LogP contribution in [0.2, 0.25) is 0 Å². The molecule has 0 atom stereocenters. The minimum Gasteiger partial charge on any atom is -0.493 e. The van der Waals surface area contributed by atoms with Crippen molar-refractivity contribution in [1.82, 2.24) is 14.6 Å². The van der Waals surface area contributed by atoms with Gasteiger partial charge in [-0.15, -0.1) is 0 Å². The molecule has 2 heterocycles. The maximum atomic E-state index is 13.3. The molecule has 0 aliphatic rings. The molecule has 5 nitrogen and oxygen atoms in total. The molecule has 0 aliphatic carbocycles. The number of hydrogen-bond donors (Lipinski definition) is 2. The summed E-state index contributed by atoms with van der Waals surface area (Å²) in [7, 11) is 0. The van der Waals surface area contributed by atoms with Gasteiger partial charge in [0.05, 0.1) is 5.69 Å². The summed E-state index contributed by atoms with van der Waals surface area (Å²) in [5.74, 6) is -0.778. The molecular weight excluding hydrogens is 261 g/mol. The molecule has 6 heteroatoms. The van der Waals surface area contributed by atoms with Gasteiger partial charge in [-0.3, -0.25) is 4.79 Å². The number of aromatic nitrogens is 3. The van der Waals surface area contributed by atoms with Gasteiger partial charge < -0.3 is 10.1 Å². The van der Waals surface area contributed by atoms with E-state index in [0.717, 1.165) is 5.56 Å². The lowest BCUT2D eigenvalue weighted by atomic mass is 10.1. The molecule has 0 fully saturated rings. The van der Waals surface area contributed by atoms with Crippen LogP contribution in [0.3, 0.4) is 0 Å². The van der Waals surface area contributed by atoms with E-state index in [1.54, 1.807) is 19.9 Å². The zero-order chi connectivity index (χ0) is 14.4. The van der Waals surface area contributed by atoms with E-state index in [1.807, 2.05) is 0 Å². The standard InChI is InChI=1S/C14H12FN3O2/c1-7-8(2)17-18-12(7)16-13(19)11(14(18)20)9-4-3-5-10(15)6-9/h3-6,20H,1-2H3,(H,16,19). The van der Waals surface area contributed by atoms with Gasteiger partial charge in [-0.25, -0.2) is 4.39 Å². The fourth-order valence-electron chi connectivity index (χ4n) is 2.19. The molecule has 1 aromatic carbocycles. The van der Waals surface area contributed by atoms with Gasteiger partial charge in [-0.05, 0) is 31.5 Å². The van der Waals surface area contributed by atoms with Crippen molar-refractivity contribution in [2.45, 2.75) is 13.8 Å². The highest BCUT2D eigenvalue weighted by atomic mass is 19.1. The van der Waals surface area contributed by atoms with Crippen molar-refractivity contribution in [2.24, 2.45) is 0 Å². The first kappa shape index (κ1) is 12.4. The van der Waals surface area contributed by atoms with E-state index < -0.39 is 11.4 Å². The van der Waals surface area contributed by atoms with Gasteiger partial charge in [0, 0.05) is 5.56 Å². The van der Waals surface area contributed by atoms with Gasteiger partial charge in [0.1, 0.15) is 17.0 Å². The highest BCUT2D eigenvalue weighted by Crippen LogP contribution is 2.27. The molecule has 3 aromatic rings. The summed E-state index contributed by atoms with van der Waals surface area (Å²) in [6.07, 6.45) is 0. The zero-order valence-corrected chi connectivity index (χ0v) is 10.9. The van der Waals surface area contributed by atoms with E-state index in [2.05, 4.69) is 10.1 Å².